The fourth-order valence-electron chi connectivity index (χ4n) is 4.66. The molecule has 1 unspecified atom stereocenters. The molecule has 35 heavy (non-hydrogen) atoms. The van der Waals surface area contributed by atoms with Crippen LogP contribution in [0.1, 0.15) is 52.9 Å². The van der Waals surface area contributed by atoms with E-state index in [1.165, 1.54) is 17.7 Å². The molecule has 3 aromatic rings. The number of aryl methyl sites for hydroxylation is 1. The third kappa shape index (κ3) is 5.07. The lowest BCUT2D eigenvalue weighted by Crippen LogP contribution is -2.29. The van der Waals surface area contributed by atoms with Crippen molar-refractivity contribution in [2.75, 3.05) is 17.2 Å². The molecule has 3 aromatic heterocycles. The number of rotatable bonds is 9. The Balaban J connectivity index is 1.21. The Morgan fingerprint density at radius 1 is 1.11 bits per heavy atom. The first-order valence-electron chi connectivity index (χ1n) is 12.4. The van der Waals surface area contributed by atoms with Crippen LogP contribution in [0.4, 0.5) is 16.8 Å². The van der Waals surface area contributed by atoms with E-state index in [0.717, 1.165) is 55.0 Å². The van der Waals surface area contributed by atoms with Crippen LogP contribution in [0.15, 0.2) is 30.7 Å². The summed E-state index contributed by atoms with van der Waals surface area (Å²) in [6.45, 7) is 1.45. The van der Waals surface area contributed by atoms with Crippen LogP contribution in [0.25, 0.3) is 0 Å². The zero-order chi connectivity index (χ0) is 23.8. The van der Waals surface area contributed by atoms with Crippen molar-refractivity contribution >= 4 is 39.9 Å². The number of amides is 2. The molecular formula is C25H29N7O2S. The SMILES string of the molecule is O=C(NCC1CC1)c1c(NC(=O)C2CC2)sc2c1CC(Cn1cnnc1Nc1ccccn1)CC2. The van der Waals surface area contributed by atoms with E-state index >= 15 is 0 Å². The van der Waals surface area contributed by atoms with E-state index < -0.39 is 0 Å². The van der Waals surface area contributed by atoms with Crippen LogP contribution in [-0.4, -0.2) is 38.1 Å². The Kier molecular flexibility index (Phi) is 5.97. The summed E-state index contributed by atoms with van der Waals surface area (Å²) >= 11 is 1.58. The van der Waals surface area contributed by atoms with Crippen molar-refractivity contribution in [3.63, 3.8) is 0 Å². The molecule has 9 nitrogen and oxygen atoms in total. The molecule has 3 aliphatic carbocycles. The minimum Gasteiger partial charge on any atom is -0.352 e. The average molecular weight is 492 g/mol. The van der Waals surface area contributed by atoms with Gasteiger partial charge in [0.15, 0.2) is 0 Å². The number of hydrogen-bond acceptors (Lipinski definition) is 7. The number of anilines is 3. The summed E-state index contributed by atoms with van der Waals surface area (Å²) < 4.78 is 2.01. The monoisotopic (exact) mass is 491 g/mol. The van der Waals surface area contributed by atoms with Gasteiger partial charge in [-0.05, 0) is 74.5 Å². The summed E-state index contributed by atoms with van der Waals surface area (Å²) in [5.74, 6) is 2.40. The Hall–Kier alpha value is -3.27. The van der Waals surface area contributed by atoms with Gasteiger partial charge in [0.2, 0.25) is 11.9 Å². The Morgan fingerprint density at radius 3 is 2.77 bits per heavy atom. The van der Waals surface area contributed by atoms with E-state index in [0.29, 0.717) is 29.9 Å². The second-order valence-electron chi connectivity index (χ2n) is 9.88. The molecule has 3 aliphatic rings. The van der Waals surface area contributed by atoms with Crippen molar-refractivity contribution in [1.29, 1.82) is 0 Å². The first-order valence-corrected chi connectivity index (χ1v) is 13.2. The van der Waals surface area contributed by atoms with Gasteiger partial charge in [0, 0.05) is 30.1 Å². The molecular weight excluding hydrogens is 462 g/mol. The number of aromatic nitrogens is 4. The number of nitrogens with zero attached hydrogens (tertiary/aromatic N) is 4. The summed E-state index contributed by atoms with van der Waals surface area (Å²) in [4.78, 5) is 31.3. The average Bonchev–Trinajstić information content (AvgIpc) is 3.79. The quantitative estimate of drug-likeness (QED) is 0.420. The predicted molar refractivity (Wildman–Crippen MR) is 134 cm³/mol. The number of nitrogens with one attached hydrogen (secondary N) is 3. The van der Waals surface area contributed by atoms with Crippen LogP contribution in [0.3, 0.4) is 0 Å². The smallest absolute Gasteiger partial charge is 0.254 e. The fraction of sp³-hybridized carbons (Fsp3) is 0.480. The largest absolute Gasteiger partial charge is 0.352 e. The zero-order valence-electron chi connectivity index (χ0n) is 19.5. The number of thiophene rings is 1. The normalized spacial score (nSPS) is 19.1. The maximum atomic E-state index is 13.3. The van der Waals surface area contributed by atoms with Gasteiger partial charge >= 0.3 is 0 Å². The zero-order valence-corrected chi connectivity index (χ0v) is 20.3. The highest BCUT2D eigenvalue weighted by Gasteiger charge is 2.34. The van der Waals surface area contributed by atoms with Gasteiger partial charge in [-0.1, -0.05) is 6.07 Å². The van der Waals surface area contributed by atoms with Gasteiger partial charge in [0.05, 0.1) is 5.56 Å². The molecule has 3 N–H and O–H groups in total. The topological polar surface area (TPSA) is 114 Å². The van der Waals surface area contributed by atoms with Crippen molar-refractivity contribution in [2.24, 2.45) is 17.8 Å². The summed E-state index contributed by atoms with van der Waals surface area (Å²) in [5, 5.41) is 18.5. The summed E-state index contributed by atoms with van der Waals surface area (Å²) in [6.07, 6.45) is 10.4. The summed E-state index contributed by atoms with van der Waals surface area (Å²) in [7, 11) is 0. The van der Waals surface area contributed by atoms with Crippen LogP contribution >= 0.6 is 11.3 Å². The van der Waals surface area contributed by atoms with Gasteiger partial charge < -0.3 is 16.0 Å². The van der Waals surface area contributed by atoms with E-state index in [1.807, 2.05) is 22.8 Å². The Morgan fingerprint density at radius 2 is 2.00 bits per heavy atom. The first kappa shape index (κ1) is 22.2. The molecule has 2 saturated carbocycles. The van der Waals surface area contributed by atoms with E-state index in [2.05, 4.69) is 31.1 Å². The van der Waals surface area contributed by atoms with Gasteiger partial charge in [-0.2, -0.15) is 0 Å². The van der Waals surface area contributed by atoms with Crippen molar-refractivity contribution < 1.29 is 9.59 Å². The molecule has 10 heteroatoms. The summed E-state index contributed by atoms with van der Waals surface area (Å²) in [6, 6.07) is 5.68. The summed E-state index contributed by atoms with van der Waals surface area (Å²) in [5.41, 5.74) is 1.78. The second-order valence-corrected chi connectivity index (χ2v) is 11.0. The highest BCUT2D eigenvalue weighted by molar-refractivity contribution is 7.17. The van der Waals surface area contributed by atoms with E-state index in [-0.39, 0.29) is 17.7 Å². The predicted octanol–water partition coefficient (Wildman–Crippen LogP) is 3.77. The van der Waals surface area contributed by atoms with Gasteiger partial charge in [-0.3, -0.25) is 14.2 Å². The molecule has 2 fully saturated rings. The molecule has 0 bridgehead atoms. The van der Waals surface area contributed by atoms with E-state index in [4.69, 9.17) is 0 Å². The molecule has 0 spiro atoms. The van der Waals surface area contributed by atoms with Gasteiger partial charge in [-0.25, -0.2) is 4.98 Å². The molecule has 182 valence electrons. The van der Waals surface area contributed by atoms with Gasteiger partial charge in [0.1, 0.15) is 17.1 Å². The van der Waals surface area contributed by atoms with Crippen molar-refractivity contribution in [1.82, 2.24) is 25.1 Å². The van der Waals surface area contributed by atoms with E-state index in [1.54, 1.807) is 23.9 Å². The molecule has 1 atom stereocenters. The van der Waals surface area contributed by atoms with Crippen molar-refractivity contribution in [3.05, 3.63) is 46.7 Å². The minimum absolute atomic E-state index is 0.0473. The second kappa shape index (κ2) is 9.41. The number of pyridine rings is 1. The number of hydrogen-bond donors (Lipinski definition) is 3. The Bertz CT molecular complexity index is 1230. The van der Waals surface area contributed by atoms with E-state index in [9.17, 15) is 9.59 Å². The van der Waals surface area contributed by atoms with Crippen LogP contribution < -0.4 is 16.0 Å². The fourth-order valence-corrected chi connectivity index (χ4v) is 5.91. The number of carbonyl (C=O) groups is 2. The Labute approximate surface area is 207 Å². The third-order valence-electron chi connectivity index (χ3n) is 7.00. The lowest BCUT2D eigenvalue weighted by Gasteiger charge is -2.24. The van der Waals surface area contributed by atoms with Gasteiger partial charge in [0.25, 0.3) is 5.91 Å². The third-order valence-corrected chi connectivity index (χ3v) is 8.21. The molecule has 0 saturated heterocycles. The number of fused-ring (bicyclic) bond motifs is 1. The van der Waals surface area contributed by atoms with Crippen molar-refractivity contribution in [2.45, 2.75) is 51.5 Å². The van der Waals surface area contributed by atoms with Crippen molar-refractivity contribution in [3.8, 4) is 0 Å². The van der Waals surface area contributed by atoms with Crippen LogP contribution in [0.5, 0.6) is 0 Å². The molecule has 0 aliphatic heterocycles. The lowest BCUT2D eigenvalue weighted by atomic mass is 9.86. The van der Waals surface area contributed by atoms with Crippen LogP contribution in [0.2, 0.25) is 0 Å². The number of carbonyl (C=O) groups excluding carboxylic acids is 2. The standard InChI is InChI=1S/C25H29N7O2S/c33-22(17-7-8-17)30-24-21(23(34)27-12-15-4-5-15)18-11-16(6-9-19(18)35-24)13-32-14-28-31-25(32)29-20-3-1-2-10-26-20/h1-3,10,14-17H,4-9,11-13H2,(H,27,34)(H,30,33)(H,26,29,31). The molecule has 2 amide bonds. The van der Waals surface area contributed by atoms with Crippen LogP contribution in [0, 0.1) is 17.8 Å². The highest BCUT2D eigenvalue weighted by Crippen LogP contribution is 2.41. The molecule has 0 aromatic carbocycles. The minimum atomic E-state index is -0.0528. The van der Waals surface area contributed by atoms with Crippen LogP contribution in [-0.2, 0) is 24.2 Å². The first-order chi connectivity index (χ1) is 17.1. The highest BCUT2D eigenvalue weighted by atomic mass is 32.1. The molecule has 6 rings (SSSR count). The molecule has 3 heterocycles. The molecule has 0 radical (unpaired) electrons. The van der Waals surface area contributed by atoms with Gasteiger partial charge in [-0.15, -0.1) is 21.5 Å². The lowest BCUT2D eigenvalue weighted by molar-refractivity contribution is -0.117. The maximum Gasteiger partial charge on any atom is 0.254 e. The maximum absolute atomic E-state index is 13.3.